The fourth-order valence-electron chi connectivity index (χ4n) is 1.34. The molecule has 0 spiro atoms. The van der Waals surface area contributed by atoms with Crippen LogP contribution in [0.4, 0.5) is 65.9 Å². The first-order valence-corrected chi connectivity index (χ1v) is 7.26. The van der Waals surface area contributed by atoms with Crippen molar-refractivity contribution < 1.29 is 74.3 Å². The van der Waals surface area contributed by atoms with Gasteiger partial charge in [0.05, 0.1) is 0 Å². The maximum Gasteiger partial charge on any atom is 0.460 e. The largest absolute Gasteiger partial charge is 0.460 e. The van der Waals surface area contributed by atoms with E-state index in [-0.39, 0.29) is 0 Å². The molecule has 164 valence electrons. The quantitative estimate of drug-likeness (QED) is 0.587. The van der Waals surface area contributed by atoms with Crippen LogP contribution in [0.2, 0.25) is 0 Å². The number of sulfonamides is 1. The van der Waals surface area contributed by atoms with Gasteiger partial charge in [-0.05, 0) is 0 Å². The second-order valence-corrected chi connectivity index (χ2v) is 6.50. The minimum Gasteiger partial charge on any atom is -0.229 e. The molecule has 0 aliphatic rings. The Balaban J connectivity index is 6.55. The van der Waals surface area contributed by atoms with Crippen LogP contribution in [-0.2, 0) is 10.0 Å². The Morgan fingerprint density at radius 3 is 1.04 bits per heavy atom. The van der Waals surface area contributed by atoms with Crippen LogP contribution in [0.25, 0.3) is 0 Å². The van der Waals surface area contributed by atoms with Crippen molar-refractivity contribution in [1.82, 2.24) is 0 Å². The lowest BCUT2D eigenvalue weighted by molar-refractivity contribution is -0.451. The molecule has 0 aliphatic carbocycles. The van der Waals surface area contributed by atoms with Crippen molar-refractivity contribution in [3.05, 3.63) is 0 Å². The Kier molecular flexibility index (Phi) is 5.92. The van der Waals surface area contributed by atoms with Gasteiger partial charge in [0.2, 0.25) is 10.0 Å². The molecule has 0 aromatic rings. The smallest absolute Gasteiger partial charge is 0.229 e. The summed E-state index contributed by atoms with van der Waals surface area (Å²) in [6, 6.07) is 0. The van der Waals surface area contributed by atoms with E-state index in [0.717, 1.165) is 0 Å². The maximum atomic E-state index is 13.1. The fourth-order valence-corrected chi connectivity index (χ4v) is 2.03. The molecular formula is C8H4F15NO2S. The highest BCUT2D eigenvalue weighted by Gasteiger charge is 2.93. The van der Waals surface area contributed by atoms with E-state index in [1.165, 1.54) is 0 Å². The molecule has 0 aromatic heterocycles. The molecule has 0 atom stereocenters. The van der Waals surface area contributed by atoms with Crippen molar-refractivity contribution in [1.29, 1.82) is 0 Å². The van der Waals surface area contributed by atoms with Gasteiger partial charge < -0.3 is 0 Å². The standard InChI is InChI=1S/C8H4F15NO2S/c9-2(10,1-27(24,25)26)3(11,12)4(13,14)5(15,16)6(17,18)7(19,20)8(21,22)23/h1H2,(H2,24,25,26). The Morgan fingerprint density at radius 1 is 0.519 bits per heavy atom. The number of hydrogen-bond acceptors (Lipinski definition) is 2. The van der Waals surface area contributed by atoms with E-state index in [9.17, 15) is 74.3 Å². The molecular weight excluding hydrogens is 459 g/mol. The van der Waals surface area contributed by atoms with Gasteiger partial charge in [-0.25, -0.2) is 13.6 Å². The Hall–Kier alpha value is -1.14. The number of rotatable bonds is 7. The third-order valence-electron chi connectivity index (χ3n) is 2.78. The predicted molar refractivity (Wildman–Crippen MR) is 53.7 cm³/mol. The average molecular weight is 463 g/mol. The summed E-state index contributed by atoms with van der Waals surface area (Å²) in [4.78, 5) is 0. The topological polar surface area (TPSA) is 60.2 Å². The number of primary sulfonamides is 1. The summed E-state index contributed by atoms with van der Waals surface area (Å²) in [7, 11) is -5.88. The molecule has 27 heavy (non-hydrogen) atoms. The molecule has 0 rings (SSSR count). The van der Waals surface area contributed by atoms with Gasteiger partial charge >= 0.3 is 41.7 Å². The third-order valence-corrected chi connectivity index (χ3v) is 3.54. The number of alkyl halides is 15. The Bertz CT molecular complexity index is 664. The summed E-state index contributed by atoms with van der Waals surface area (Å²) in [6.45, 7) is 0. The lowest BCUT2D eigenvalue weighted by Gasteiger charge is -2.41. The normalized spacial score (nSPS) is 16.6. The lowest BCUT2D eigenvalue weighted by Crippen LogP contribution is -2.73. The zero-order valence-electron chi connectivity index (χ0n) is 11.7. The van der Waals surface area contributed by atoms with Crippen molar-refractivity contribution in [3.63, 3.8) is 0 Å². The van der Waals surface area contributed by atoms with E-state index in [0.29, 0.717) is 0 Å². The molecule has 0 unspecified atom stereocenters. The predicted octanol–water partition coefficient (Wildman–Crippen LogP) is 3.65. The second kappa shape index (κ2) is 6.18. The maximum absolute atomic E-state index is 13.1. The van der Waals surface area contributed by atoms with E-state index >= 15 is 0 Å². The molecule has 3 nitrogen and oxygen atoms in total. The molecule has 0 fully saturated rings. The highest BCUT2D eigenvalue weighted by molar-refractivity contribution is 7.89. The van der Waals surface area contributed by atoms with Crippen LogP contribution in [0, 0.1) is 0 Å². The molecule has 2 N–H and O–H groups in total. The highest BCUT2D eigenvalue weighted by atomic mass is 32.2. The van der Waals surface area contributed by atoms with Gasteiger partial charge in [0.1, 0.15) is 5.75 Å². The van der Waals surface area contributed by atoms with Crippen molar-refractivity contribution in [2.24, 2.45) is 5.14 Å². The van der Waals surface area contributed by atoms with Gasteiger partial charge in [-0.15, -0.1) is 0 Å². The van der Waals surface area contributed by atoms with Gasteiger partial charge in [-0.1, -0.05) is 0 Å². The van der Waals surface area contributed by atoms with Crippen LogP contribution in [0.15, 0.2) is 0 Å². The molecule has 0 aromatic carbocycles. The first kappa shape index (κ1) is 25.9. The van der Waals surface area contributed by atoms with Crippen molar-refractivity contribution in [3.8, 4) is 0 Å². The van der Waals surface area contributed by atoms with Crippen LogP contribution in [0.3, 0.4) is 0 Å². The van der Waals surface area contributed by atoms with Gasteiger partial charge in [-0.3, -0.25) is 0 Å². The van der Waals surface area contributed by atoms with E-state index in [2.05, 4.69) is 5.14 Å². The summed E-state index contributed by atoms with van der Waals surface area (Å²) in [6.07, 6.45) is -7.70. The molecule has 0 amide bonds. The number of nitrogens with two attached hydrogens (primary N) is 1. The summed E-state index contributed by atoms with van der Waals surface area (Å²) in [5, 5.41) is 3.79. The lowest BCUT2D eigenvalue weighted by atomic mass is 9.91. The summed E-state index contributed by atoms with van der Waals surface area (Å²) in [5.74, 6) is -51.6. The molecule has 0 bridgehead atoms. The molecule has 0 heterocycles. The van der Waals surface area contributed by atoms with Crippen LogP contribution < -0.4 is 5.14 Å². The van der Waals surface area contributed by atoms with Crippen LogP contribution in [0.1, 0.15) is 0 Å². The van der Waals surface area contributed by atoms with E-state index in [1.807, 2.05) is 0 Å². The van der Waals surface area contributed by atoms with Gasteiger partial charge in [0.25, 0.3) is 0 Å². The molecule has 0 saturated heterocycles. The van der Waals surface area contributed by atoms with Crippen molar-refractivity contribution in [2.45, 2.75) is 41.7 Å². The number of halogens is 15. The van der Waals surface area contributed by atoms with Crippen LogP contribution in [0.5, 0.6) is 0 Å². The van der Waals surface area contributed by atoms with Gasteiger partial charge in [-0.2, -0.15) is 65.9 Å². The van der Waals surface area contributed by atoms with E-state index in [4.69, 9.17) is 0 Å². The second-order valence-electron chi connectivity index (χ2n) is 4.88. The fraction of sp³-hybridized carbons (Fsp3) is 1.00. The van der Waals surface area contributed by atoms with Gasteiger partial charge in [0, 0.05) is 0 Å². The SMILES string of the molecule is NS(=O)(=O)CC(F)(F)C(F)(F)C(F)(F)C(F)(F)C(F)(F)C(F)(F)C(F)(F)F. The first-order valence-electron chi connectivity index (χ1n) is 5.55. The van der Waals surface area contributed by atoms with Crippen molar-refractivity contribution in [2.75, 3.05) is 5.75 Å². The van der Waals surface area contributed by atoms with Crippen molar-refractivity contribution >= 4 is 10.0 Å². The monoisotopic (exact) mass is 463 g/mol. The molecule has 0 radical (unpaired) electrons. The van der Waals surface area contributed by atoms with Gasteiger partial charge in [0.15, 0.2) is 0 Å². The molecule has 0 aliphatic heterocycles. The Morgan fingerprint density at radius 2 is 0.778 bits per heavy atom. The van der Waals surface area contributed by atoms with E-state index < -0.39 is 57.5 Å². The van der Waals surface area contributed by atoms with Crippen LogP contribution >= 0.6 is 0 Å². The average Bonchev–Trinajstić information content (AvgIpc) is 2.33. The zero-order valence-corrected chi connectivity index (χ0v) is 12.5. The minimum atomic E-state index is -8.45. The molecule has 0 saturated carbocycles. The highest BCUT2D eigenvalue weighted by Crippen LogP contribution is 2.62. The Labute approximate surface area is 138 Å². The first-order chi connectivity index (χ1) is 11.2. The summed E-state index contributed by atoms with van der Waals surface area (Å²) < 4.78 is 211. The number of hydrogen-bond donors (Lipinski definition) is 1. The summed E-state index contributed by atoms with van der Waals surface area (Å²) >= 11 is 0. The third kappa shape index (κ3) is 3.75. The van der Waals surface area contributed by atoms with E-state index in [1.54, 1.807) is 0 Å². The zero-order chi connectivity index (χ0) is 22.7. The minimum absolute atomic E-state index is 3.57. The van der Waals surface area contributed by atoms with Crippen LogP contribution in [-0.4, -0.2) is 55.9 Å². The molecule has 19 heteroatoms. The summed E-state index contributed by atoms with van der Waals surface area (Å²) in [5.41, 5.74) is 0.